The number of hydrogen-bond acceptors (Lipinski definition) is 3. The number of nitrogens with one attached hydrogen (secondary N) is 1. The molecule has 0 spiro atoms. The maximum Gasteiger partial charge on any atom is 0.255 e. The Morgan fingerprint density at radius 3 is 2.61 bits per heavy atom. The van der Waals surface area contributed by atoms with Crippen LogP contribution >= 0.6 is 23.2 Å². The van der Waals surface area contributed by atoms with Gasteiger partial charge in [0.05, 0.1) is 10.6 Å². The number of oxazole rings is 1. The molecule has 1 aromatic heterocycles. The SMILES string of the molecule is Cc1ccc(C(=O)Nc2ccc3oc(-c4ccc(F)cc4Cl)nc3c2)cc1Cl. The van der Waals surface area contributed by atoms with Crippen molar-refractivity contribution in [2.75, 3.05) is 5.32 Å². The summed E-state index contributed by atoms with van der Waals surface area (Å²) in [5.74, 6) is -0.452. The minimum absolute atomic E-state index is 0.205. The molecule has 0 radical (unpaired) electrons. The molecule has 0 unspecified atom stereocenters. The molecule has 1 amide bonds. The summed E-state index contributed by atoms with van der Waals surface area (Å²) >= 11 is 12.2. The van der Waals surface area contributed by atoms with E-state index >= 15 is 0 Å². The monoisotopic (exact) mass is 414 g/mol. The van der Waals surface area contributed by atoms with E-state index in [9.17, 15) is 9.18 Å². The Hall–Kier alpha value is -2.89. The van der Waals surface area contributed by atoms with Gasteiger partial charge in [0.25, 0.3) is 5.91 Å². The molecule has 4 rings (SSSR count). The summed E-state index contributed by atoms with van der Waals surface area (Å²) in [4.78, 5) is 16.8. The maximum absolute atomic E-state index is 13.2. The Kier molecular flexibility index (Phi) is 4.79. The molecule has 140 valence electrons. The van der Waals surface area contributed by atoms with Gasteiger partial charge in [0, 0.05) is 16.3 Å². The van der Waals surface area contributed by atoms with Gasteiger partial charge in [-0.1, -0.05) is 29.3 Å². The van der Waals surface area contributed by atoms with Crippen LogP contribution in [-0.4, -0.2) is 10.9 Å². The number of halogens is 3. The van der Waals surface area contributed by atoms with Gasteiger partial charge in [0.1, 0.15) is 11.3 Å². The number of anilines is 1. The molecule has 1 heterocycles. The molecule has 4 aromatic rings. The van der Waals surface area contributed by atoms with Crippen molar-refractivity contribution in [2.45, 2.75) is 6.92 Å². The fourth-order valence-electron chi connectivity index (χ4n) is 2.72. The number of fused-ring (bicyclic) bond motifs is 1. The highest BCUT2D eigenvalue weighted by atomic mass is 35.5. The molecule has 0 aliphatic heterocycles. The van der Waals surface area contributed by atoms with Crippen LogP contribution in [0.5, 0.6) is 0 Å². The van der Waals surface area contributed by atoms with E-state index in [2.05, 4.69) is 10.3 Å². The summed E-state index contributed by atoms with van der Waals surface area (Å²) < 4.78 is 18.9. The molecular formula is C21H13Cl2FN2O2. The van der Waals surface area contributed by atoms with Crippen LogP contribution in [0, 0.1) is 12.7 Å². The first-order chi connectivity index (χ1) is 13.4. The van der Waals surface area contributed by atoms with Crippen molar-refractivity contribution < 1.29 is 13.6 Å². The number of rotatable bonds is 3. The van der Waals surface area contributed by atoms with E-state index in [1.165, 1.54) is 18.2 Å². The molecule has 0 bridgehead atoms. The fraction of sp³-hybridized carbons (Fsp3) is 0.0476. The van der Waals surface area contributed by atoms with Crippen LogP contribution in [0.2, 0.25) is 10.0 Å². The summed E-state index contributed by atoms with van der Waals surface area (Å²) in [6.07, 6.45) is 0. The quantitative estimate of drug-likeness (QED) is 0.416. The Morgan fingerprint density at radius 2 is 1.86 bits per heavy atom. The Bertz CT molecular complexity index is 1220. The van der Waals surface area contributed by atoms with Crippen LogP contribution in [0.1, 0.15) is 15.9 Å². The molecule has 3 aromatic carbocycles. The number of aryl methyl sites for hydroxylation is 1. The van der Waals surface area contributed by atoms with E-state index in [4.69, 9.17) is 27.6 Å². The Labute approximate surface area is 169 Å². The van der Waals surface area contributed by atoms with Gasteiger partial charge in [0.2, 0.25) is 5.89 Å². The average molecular weight is 415 g/mol. The van der Waals surface area contributed by atoms with E-state index in [1.54, 1.807) is 36.4 Å². The third-order valence-electron chi connectivity index (χ3n) is 4.24. The van der Waals surface area contributed by atoms with Crippen LogP contribution in [-0.2, 0) is 0 Å². The second-order valence-electron chi connectivity index (χ2n) is 6.24. The van der Waals surface area contributed by atoms with Crippen LogP contribution in [0.3, 0.4) is 0 Å². The predicted octanol–water partition coefficient (Wildman–Crippen LogP) is 6.50. The van der Waals surface area contributed by atoms with Gasteiger partial charge in [-0.3, -0.25) is 4.79 Å². The van der Waals surface area contributed by atoms with Gasteiger partial charge >= 0.3 is 0 Å². The summed E-state index contributed by atoms with van der Waals surface area (Å²) in [6.45, 7) is 1.87. The lowest BCUT2D eigenvalue weighted by atomic mass is 10.1. The van der Waals surface area contributed by atoms with Crippen molar-refractivity contribution in [1.82, 2.24) is 4.98 Å². The van der Waals surface area contributed by atoms with Crippen LogP contribution in [0.4, 0.5) is 10.1 Å². The average Bonchev–Trinajstić information content (AvgIpc) is 3.06. The second-order valence-corrected chi connectivity index (χ2v) is 7.06. The number of carbonyl (C=O) groups excluding carboxylic acids is 1. The van der Waals surface area contributed by atoms with E-state index in [1.807, 2.05) is 6.92 Å². The smallest absolute Gasteiger partial charge is 0.255 e. The van der Waals surface area contributed by atoms with Gasteiger partial charge in [-0.05, 0) is 61.0 Å². The van der Waals surface area contributed by atoms with E-state index in [0.717, 1.165) is 5.56 Å². The first-order valence-corrected chi connectivity index (χ1v) is 9.10. The molecule has 0 saturated carbocycles. The summed E-state index contributed by atoms with van der Waals surface area (Å²) in [5.41, 5.74) is 3.45. The topological polar surface area (TPSA) is 55.1 Å². The van der Waals surface area contributed by atoms with Crippen molar-refractivity contribution in [2.24, 2.45) is 0 Å². The molecule has 0 fully saturated rings. The number of aromatic nitrogens is 1. The van der Waals surface area contributed by atoms with Gasteiger partial charge in [-0.15, -0.1) is 0 Å². The van der Waals surface area contributed by atoms with Gasteiger partial charge in [-0.2, -0.15) is 0 Å². The highest BCUT2D eigenvalue weighted by Gasteiger charge is 2.14. The number of nitrogens with zero attached hydrogens (tertiary/aromatic N) is 1. The second kappa shape index (κ2) is 7.26. The highest BCUT2D eigenvalue weighted by molar-refractivity contribution is 6.33. The van der Waals surface area contributed by atoms with Crippen LogP contribution in [0.15, 0.2) is 59.0 Å². The molecule has 0 aliphatic carbocycles. The van der Waals surface area contributed by atoms with Crippen molar-refractivity contribution in [3.63, 3.8) is 0 Å². The van der Waals surface area contributed by atoms with Crippen molar-refractivity contribution in [3.05, 3.63) is 81.6 Å². The molecular weight excluding hydrogens is 402 g/mol. The lowest BCUT2D eigenvalue weighted by Crippen LogP contribution is -2.11. The third-order valence-corrected chi connectivity index (χ3v) is 4.96. The first kappa shape index (κ1) is 18.5. The van der Waals surface area contributed by atoms with E-state index in [-0.39, 0.29) is 16.8 Å². The van der Waals surface area contributed by atoms with Crippen LogP contribution in [0.25, 0.3) is 22.6 Å². The van der Waals surface area contributed by atoms with E-state index in [0.29, 0.717) is 32.9 Å². The maximum atomic E-state index is 13.2. The normalized spacial score (nSPS) is 11.0. The molecule has 0 saturated heterocycles. The fourth-order valence-corrected chi connectivity index (χ4v) is 3.15. The lowest BCUT2D eigenvalue weighted by Gasteiger charge is -2.06. The molecule has 0 aliphatic rings. The largest absolute Gasteiger partial charge is 0.436 e. The highest BCUT2D eigenvalue weighted by Crippen LogP contribution is 2.31. The summed E-state index contributed by atoms with van der Waals surface area (Å²) in [7, 11) is 0. The molecule has 28 heavy (non-hydrogen) atoms. The minimum Gasteiger partial charge on any atom is -0.436 e. The Morgan fingerprint density at radius 1 is 1.04 bits per heavy atom. The van der Waals surface area contributed by atoms with Crippen molar-refractivity contribution in [3.8, 4) is 11.5 Å². The predicted molar refractivity (Wildman–Crippen MR) is 109 cm³/mol. The van der Waals surface area contributed by atoms with Gasteiger partial charge in [0.15, 0.2) is 5.58 Å². The van der Waals surface area contributed by atoms with Crippen molar-refractivity contribution >= 4 is 45.9 Å². The number of amides is 1. The summed E-state index contributed by atoms with van der Waals surface area (Å²) in [6, 6.07) is 14.2. The van der Waals surface area contributed by atoms with Crippen LogP contribution < -0.4 is 5.32 Å². The number of hydrogen-bond donors (Lipinski definition) is 1. The van der Waals surface area contributed by atoms with Gasteiger partial charge in [-0.25, -0.2) is 9.37 Å². The molecule has 1 N–H and O–H groups in total. The zero-order valence-electron chi connectivity index (χ0n) is 14.6. The van der Waals surface area contributed by atoms with E-state index < -0.39 is 5.82 Å². The minimum atomic E-state index is -0.439. The molecule has 4 nitrogen and oxygen atoms in total. The summed E-state index contributed by atoms with van der Waals surface area (Å²) in [5, 5.41) is 3.54. The number of benzene rings is 3. The third kappa shape index (κ3) is 3.59. The standard InChI is InChI=1S/C21H13Cl2FN2O2/c1-11-2-3-12(8-16(11)22)20(27)25-14-5-7-19-18(10-14)26-21(28-19)15-6-4-13(24)9-17(15)23/h2-10H,1H3,(H,25,27). The number of carbonyl (C=O) groups is 1. The molecule has 7 heteroatoms. The zero-order valence-corrected chi connectivity index (χ0v) is 16.1. The van der Waals surface area contributed by atoms with Crippen molar-refractivity contribution in [1.29, 1.82) is 0 Å². The van der Waals surface area contributed by atoms with Gasteiger partial charge < -0.3 is 9.73 Å². The zero-order chi connectivity index (χ0) is 19.8. The molecule has 0 atom stereocenters. The lowest BCUT2D eigenvalue weighted by molar-refractivity contribution is 0.102. The first-order valence-electron chi connectivity index (χ1n) is 8.34. The Balaban J connectivity index is 1.62.